The predicted molar refractivity (Wildman–Crippen MR) is 89.1 cm³/mol. The number of rotatable bonds is 4. The number of nitrogens with one attached hydrogen (secondary N) is 1. The maximum absolute atomic E-state index is 12.8. The number of anilines is 1. The zero-order valence-corrected chi connectivity index (χ0v) is 15.0. The molecular formula is C18H15ClF3NO5. The van der Waals surface area contributed by atoms with Gasteiger partial charge in [0.15, 0.2) is 6.61 Å². The highest BCUT2D eigenvalue weighted by Crippen LogP contribution is 2.57. The predicted octanol–water partition coefficient (Wildman–Crippen LogP) is 3.04. The van der Waals surface area contributed by atoms with Gasteiger partial charge in [-0.1, -0.05) is 11.6 Å². The average Bonchev–Trinajstić information content (AvgIpc) is 3.22. The van der Waals surface area contributed by atoms with Crippen molar-refractivity contribution in [3.63, 3.8) is 0 Å². The number of amides is 1. The highest BCUT2D eigenvalue weighted by atomic mass is 35.5. The first-order valence-corrected chi connectivity index (χ1v) is 9.06. The van der Waals surface area contributed by atoms with Gasteiger partial charge in [-0.15, -0.1) is 0 Å². The highest BCUT2D eigenvalue weighted by molar-refractivity contribution is 6.33. The molecule has 1 heterocycles. The lowest BCUT2D eigenvalue weighted by atomic mass is 9.80. The van der Waals surface area contributed by atoms with E-state index in [0.29, 0.717) is 18.9 Å². The highest BCUT2D eigenvalue weighted by Gasteiger charge is 2.64. The standard InChI is InChI=1S/C18H15ClF3NO5/c19-10-2-1-8(18(20,21)22)5-11(10)23-13(24)6-27-16(25)14-7-3-9-12(4-7)28-17(26)15(9)14/h1-2,5,7,9,12,14-15H,3-4,6H2,(H,23,24)/t7-,9+,12-,14-,15-/m1/s1. The number of alkyl halides is 3. The summed E-state index contributed by atoms with van der Waals surface area (Å²) in [5.41, 5.74) is -1.21. The van der Waals surface area contributed by atoms with E-state index in [0.717, 1.165) is 12.1 Å². The van der Waals surface area contributed by atoms with Crippen molar-refractivity contribution in [2.45, 2.75) is 25.1 Å². The van der Waals surface area contributed by atoms with Gasteiger partial charge in [-0.05, 0) is 37.0 Å². The molecule has 1 aromatic rings. The minimum absolute atomic E-state index is 0.0140. The fourth-order valence-electron chi connectivity index (χ4n) is 4.54. The molecule has 0 spiro atoms. The Morgan fingerprint density at radius 1 is 1.29 bits per heavy atom. The molecular weight excluding hydrogens is 403 g/mol. The Hall–Kier alpha value is -2.29. The van der Waals surface area contributed by atoms with Crippen molar-refractivity contribution >= 4 is 35.1 Å². The molecule has 0 unspecified atom stereocenters. The zero-order valence-electron chi connectivity index (χ0n) is 14.3. The lowest BCUT2D eigenvalue weighted by molar-refractivity contribution is -0.157. The van der Waals surface area contributed by atoms with Gasteiger partial charge in [0.1, 0.15) is 6.10 Å². The summed E-state index contributed by atoms with van der Waals surface area (Å²) in [5, 5.41) is 2.12. The fraction of sp³-hybridized carbons (Fsp3) is 0.500. The van der Waals surface area contributed by atoms with E-state index in [4.69, 9.17) is 21.1 Å². The molecule has 1 aromatic carbocycles. The first-order chi connectivity index (χ1) is 13.1. The van der Waals surface area contributed by atoms with Gasteiger partial charge in [0.2, 0.25) is 0 Å². The third kappa shape index (κ3) is 3.21. The molecule has 3 aliphatic rings. The van der Waals surface area contributed by atoms with Crippen molar-refractivity contribution in [2.24, 2.45) is 23.7 Å². The molecule has 5 atom stereocenters. The maximum Gasteiger partial charge on any atom is 0.416 e. The van der Waals surface area contributed by atoms with Crippen LogP contribution in [0.5, 0.6) is 0 Å². The Morgan fingerprint density at radius 3 is 2.75 bits per heavy atom. The fourth-order valence-corrected chi connectivity index (χ4v) is 4.71. The van der Waals surface area contributed by atoms with Gasteiger partial charge >= 0.3 is 18.1 Å². The third-order valence-corrected chi connectivity index (χ3v) is 6.00. The van der Waals surface area contributed by atoms with Gasteiger partial charge in [-0.3, -0.25) is 14.4 Å². The summed E-state index contributed by atoms with van der Waals surface area (Å²) >= 11 is 5.82. The van der Waals surface area contributed by atoms with Gasteiger partial charge < -0.3 is 14.8 Å². The second kappa shape index (κ2) is 6.65. The summed E-state index contributed by atoms with van der Waals surface area (Å²) < 4.78 is 48.6. The number of benzene rings is 1. The van der Waals surface area contributed by atoms with Crippen LogP contribution in [-0.2, 0) is 30.0 Å². The summed E-state index contributed by atoms with van der Waals surface area (Å²) in [6.07, 6.45) is -3.39. The number of esters is 2. The van der Waals surface area contributed by atoms with E-state index in [9.17, 15) is 27.6 Å². The van der Waals surface area contributed by atoms with Crippen molar-refractivity contribution in [3.05, 3.63) is 28.8 Å². The van der Waals surface area contributed by atoms with Crippen LogP contribution in [0.4, 0.5) is 18.9 Å². The molecule has 1 N–H and O–H groups in total. The average molecular weight is 418 g/mol. The topological polar surface area (TPSA) is 81.7 Å². The molecule has 150 valence electrons. The normalized spacial score (nSPS) is 30.3. The summed E-state index contributed by atoms with van der Waals surface area (Å²) in [5.74, 6) is -3.06. The van der Waals surface area contributed by atoms with Crippen LogP contribution >= 0.6 is 11.6 Å². The summed E-state index contributed by atoms with van der Waals surface area (Å²) in [4.78, 5) is 36.3. The largest absolute Gasteiger partial charge is 0.462 e. The van der Waals surface area contributed by atoms with E-state index >= 15 is 0 Å². The van der Waals surface area contributed by atoms with Gasteiger partial charge in [0.25, 0.3) is 5.91 Å². The van der Waals surface area contributed by atoms with Crippen LogP contribution in [0, 0.1) is 23.7 Å². The summed E-state index contributed by atoms with van der Waals surface area (Å²) in [6.45, 7) is -0.690. The molecule has 1 saturated heterocycles. The van der Waals surface area contributed by atoms with E-state index in [1.54, 1.807) is 0 Å². The van der Waals surface area contributed by atoms with Crippen molar-refractivity contribution in [2.75, 3.05) is 11.9 Å². The van der Waals surface area contributed by atoms with Crippen LogP contribution in [0.3, 0.4) is 0 Å². The maximum atomic E-state index is 12.8. The SMILES string of the molecule is O=C(COC(=O)[C@@H]1[C@@H]2C[C@@H]3[C@H]1C(=O)O[C@@H]3C2)Nc1cc(C(F)(F)F)ccc1Cl. The van der Waals surface area contributed by atoms with E-state index in [2.05, 4.69) is 5.32 Å². The lowest BCUT2D eigenvalue weighted by Gasteiger charge is -2.22. The first kappa shape index (κ1) is 19.0. The van der Waals surface area contributed by atoms with Gasteiger partial charge in [0.05, 0.1) is 28.1 Å². The molecule has 6 nitrogen and oxygen atoms in total. The second-order valence-corrected chi connectivity index (χ2v) is 7.68. The number of fused-ring (bicyclic) bond motifs is 1. The van der Waals surface area contributed by atoms with E-state index in [1.165, 1.54) is 0 Å². The van der Waals surface area contributed by atoms with Crippen molar-refractivity contribution in [1.82, 2.24) is 0 Å². The number of carbonyl (C=O) groups is 3. The van der Waals surface area contributed by atoms with Gasteiger partial charge in [0, 0.05) is 5.92 Å². The lowest BCUT2D eigenvalue weighted by Crippen LogP contribution is -2.35. The molecule has 1 amide bonds. The number of halogens is 4. The molecule has 1 aliphatic heterocycles. The Balaban J connectivity index is 1.37. The van der Waals surface area contributed by atoms with Gasteiger partial charge in [-0.25, -0.2) is 0 Å². The molecule has 2 bridgehead atoms. The van der Waals surface area contributed by atoms with Gasteiger partial charge in [-0.2, -0.15) is 13.2 Å². The molecule has 4 rings (SSSR count). The number of carbonyl (C=O) groups excluding carboxylic acids is 3. The van der Waals surface area contributed by atoms with Crippen LogP contribution in [0.15, 0.2) is 18.2 Å². The second-order valence-electron chi connectivity index (χ2n) is 7.27. The summed E-state index contributed by atoms with van der Waals surface area (Å²) in [6, 6.07) is 2.51. The molecule has 0 radical (unpaired) electrons. The quantitative estimate of drug-likeness (QED) is 0.761. The number of ether oxygens (including phenoxy) is 2. The van der Waals surface area contributed by atoms with E-state index in [-0.39, 0.29) is 28.6 Å². The molecule has 2 aliphatic carbocycles. The Kier molecular flexibility index (Phi) is 4.52. The Bertz CT molecular complexity index is 856. The molecule has 0 aromatic heterocycles. The van der Waals surface area contributed by atoms with Crippen LogP contribution in [-0.4, -0.2) is 30.6 Å². The van der Waals surface area contributed by atoms with Crippen molar-refractivity contribution in [3.8, 4) is 0 Å². The van der Waals surface area contributed by atoms with E-state index in [1.807, 2.05) is 0 Å². The molecule has 10 heteroatoms. The first-order valence-electron chi connectivity index (χ1n) is 8.69. The zero-order chi connectivity index (χ0) is 20.2. The minimum atomic E-state index is -4.59. The monoisotopic (exact) mass is 417 g/mol. The number of hydrogen-bond donors (Lipinski definition) is 1. The molecule has 28 heavy (non-hydrogen) atoms. The Morgan fingerprint density at radius 2 is 2.04 bits per heavy atom. The smallest absolute Gasteiger partial charge is 0.416 e. The third-order valence-electron chi connectivity index (χ3n) is 5.67. The summed E-state index contributed by atoms with van der Waals surface area (Å²) in [7, 11) is 0. The van der Waals surface area contributed by atoms with Crippen LogP contribution < -0.4 is 5.32 Å². The molecule has 3 fully saturated rings. The van der Waals surface area contributed by atoms with Crippen molar-refractivity contribution < 1.29 is 37.0 Å². The van der Waals surface area contributed by atoms with E-state index < -0.39 is 48.0 Å². The minimum Gasteiger partial charge on any atom is -0.462 e. The number of hydrogen-bond acceptors (Lipinski definition) is 5. The Labute approximate surface area is 162 Å². The van der Waals surface area contributed by atoms with Crippen LogP contribution in [0.1, 0.15) is 18.4 Å². The van der Waals surface area contributed by atoms with Crippen LogP contribution in [0.25, 0.3) is 0 Å². The van der Waals surface area contributed by atoms with Crippen molar-refractivity contribution in [1.29, 1.82) is 0 Å². The van der Waals surface area contributed by atoms with Crippen LogP contribution in [0.2, 0.25) is 5.02 Å². The molecule has 2 saturated carbocycles.